The number of carbonyl (C=O) groups excluding carboxylic acids is 1. The van der Waals surface area contributed by atoms with E-state index in [0.29, 0.717) is 0 Å². The fraction of sp³-hybridized carbons (Fsp3) is 0.417. The van der Waals surface area contributed by atoms with Crippen molar-refractivity contribution in [3.63, 3.8) is 0 Å². The van der Waals surface area contributed by atoms with Gasteiger partial charge in [-0.1, -0.05) is 0 Å². The van der Waals surface area contributed by atoms with Crippen LogP contribution in [0.2, 0.25) is 0 Å². The number of amides is 1. The SMILES string of the molecule is O=C1Cc2cc(I)ccc2N1CCCC(F)(F)F. The Morgan fingerprint density at radius 2 is 2.06 bits per heavy atom. The standard InChI is InChI=1S/C12H11F3INO/c13-12(14,15)4-1-5-17-10-3-2-9(16)6-8(10)7-11(17)18/h2-3,6H,1,4-5,7H2. The quantitative estimate of drug-likeness (QED) is 0.747. The summed E-state index contributed by atoms with van der Waals surface area (Å²) < 4.78 is 37.2. The Kier molecular flexibility index (Phi) is 3.84. The van der Waals surface area contributed by atoms with Gasteiger partial charge in [0.15, 0.2) is 0 Å². The number of hydrogen-bond donors (Lipinski definition) is 0. The molecule has 0 N–H and O–H groups in total. The first kappa shape index (κ1) is 13.6. The molecule has 6 heteroatoms. The maximum absolute atomic E-state index is 12.1. The molecule has 0 radical (unpaired) electrons. The van der Waals surface area contributed by atoms with Crippen LogP contribution in [0.25, 0.3) is 0 Å². The molecule has 2 nitrogen and oxygen atoms in total. The Hall–Kier alpha value is -0.790. The number of anilines is 1. The lowest BCUT2D eigenvalue weighted by Crippen LogP contribution is -2.28. The number of rotatable bonds is 3. The topological polar surface area (TPSA) is 20.3 Å². The molecule has 0 unspecified atom stereocenters. The average Bonchev–Trinajstić information content (AvgIpc) is 2.52. The lowest BCUT2D eigenvalue weighted by molar-refractivity contribution is -0.135. The molecule has 1 aromatic rings. The van der Waals surface area contributed by atoms with Crippen molar-refractivity contribution in [2.75, 3.05) is 11.4 Å². The van der Waals surface area contributed by atoms with Gasteiger partial charge in [0.25, 0.3) is 0 Å². The molecule has 1 heterocycles. The fourth-order valence-corrected chi connectivity index (χ4v) is 2.59. The van der Waals surface area contributed by atoms with Gasteiger partial charge in [-0.15, -0.1) is 0 Å². The lowest BCUT2D eigenvalue weighted by Gasteiger charge is -2.17. The molecule has 1 aromatic carbocycles. The molecule has 2 rings (SSSR count). The zero-order valence-electron chi connectivity index (χ0n) is 9.43. The van der Waals surface area contributed by atoms with Gasteiger partial charge in [-0.2, -0.15) is 13.2 Å². The summed E-state index contributed by atoms with van der Waals surface area (Å²) in [5, 5.41) is 0. The molecule has 0 bridgehead atoms. The predicted octanol–water partition coefficient (Wildman–Crippen LogP) is 3.52. The fourth-order valence-electron chi connectivity index (χ4n) is 2.03. The highest BCUT2D eigenvalue weighted by Crippen LogP contribution is 2.31. The first-order chi connectivity index (χ1) is 8.37. The van der Waals surface area contributed by atoms with Gasteiger partial charge < -0.3 is 4.90 Å². The van der Waals surface area contributed by atoms with Crippen LogP contribution < -0.4 is 4.90 Å². The van der Waals surface area contributed by atoms with Crippen LogP contribution in [0.1, 0.15) is 18.4 Å². The molecular weight excluding hydrogens is 358 g/mol. The Bertz CT molecular complexity index is 473. The van der Waals surface area contributed by atoms with Crippen LogP contribution in [0.4, 0.5) is 18.9 Å². The van der Waals surface area contributed by atoms with Crippen LogP contribution in [0, 0.1) is 3.57 Å². The summed E-state index contributed by atoms with van der Waals surface area (Å²) in [6.07, 6.45) is -4.77. The third-order valence-corrected chi connectivity index (χ3v) is 3.49. The van der Waals surface area contributed by atoms with E-state index in [9.17, 15) is 18.0 Å². The third kappa shape index (κ3) is 3.15. The van der Waals surface area contributed by atoms with Crippen molar-refractivity contribution in [2.24, 2.45) is 0 Å². The monoisotopic (exact) mass is 369 g/mol. The van der Waals surface area contributed by atoms with Crippen LogP contribution >= 0.6 is 22.6 Å². The van der Waals surface area contributed by atoms with E-state index in [0.717, 1.165) is 14.8 Å². The molecule has 18 heavy (non-hydrogen) atoms. The van der Waals surface area contributed by atoms with Crippen LogP contribution in [-0.2, 0) is 11.2 Å². The first-order valence-electron chi connectivity index (χ1n) is 5.52. The van der Waals surface area contributed by atoms with Crippen molar-refractivity contribution in [3.8, 4) is 0 Å². The normalized spacial score (nSPS) is 15.1. The maximum atomic E-state index is 12.1. The van der Waals surface area contributed by atoms with E-state index in [-0.39, 0.29) is 25.3 Å². The Balaban J connectivity index is 2.05. The highest BCUT2D eigenvalue weighted by Gasteiger charge is 2.30. The molecule has 0 saturated heterocycles. The van der Waals surface area contributed by atoms with Crippen LogP contribution in [-0.4, -0.2) is 18.6 Å². The van der Waals surface area contributed by atoms with Crippen LogP contribution in [0.3, 0.4) is 0 Å². The van der Waals surface area contributed by atoms with E-state index in [1.165, 1.54) is 4.90 Å². The number of hydrogen-bond acceptors (Lipinski definition) is 1. The summed E-state index contributed by atoms with van der Waals surface area (Å²) in [6, 6.07) is 5.56. The Morgan fingerprint density at radius 1 is 1.33 bits per heavy atom. The van der Waals surface area contributed by atoms with Crippen molar-refractivity contribution in [1.29, 1.82) is 0 Å². The van der Waals surface area contributed by atoms with Gasteiger partial charge in [0.2, 0.25) is 5.91 Å². The molecule has 0 spiro atoms. The van der Waals surface area contributed by atoms with Gasteiger partial charge in [0.05, 0.1) is 6.42 Å². The van der Waals surface area contributed by atoms with Gasteiger partial charge in [-0.05, 0) is 52.8 Å². The number of carbonyl (C=O) groups is 1. The zero-order valence-corrected chi connectivity index (χ0v) is 11.6. The molecule has 0 saturated carbocycles. The van der Waals surface area contributed by atoms with Gasteiger partial charge in [0, 0.05) is 22.2 Å². The first-order valence-corrected chi connectivity index (χ1v) is 6.60. The smallest absolute Gasteiger partial charge is 0.312 e. The number of fused-ring (bicyclic) bond motifs is 1. The van der Waals surface area contributed by atoms with Gasteiger partial charge in [0.1, 0.15) is 0 Å². The highest BCUT2D eigenvalue weighted by atomic mass is 127. The van der Waals surface area contributed by atoms with E-state index in [2.05, 4.69) is 22.6 Å². The van der Waals surface area contributed by atoms with E-state index >= 15 is 0 Å². The second kappa shape index (κ2) is 5.07. The minimum absolute atomic E-state index is 0.0549. The van der Waals surface area contributed by atoms with Crippen molar-refractivity contribution in [1.82, 2.24) is 0 Å². The summed E-state index contributed by atoms with van der Waals surface area (Å²) in [5.41, 5.74) is 1.65. The largest absolute Gasteiger partial charge is 0.389 e. The summed E-state index contributed by atoms with van der Waals surface area (Å²) in [4.78, 5) is 13.2. The second-order valence-corrected chi connectivity index (χ2v) is 5.46. The van der Waals surface area contributed by atoms with Gasteiger partial charge in [-0.3, -0.25) is 4.79 Å². The van der Waals surface area contributed by atoms with Crippen molar-refractivity contribution < 1.29 is 18.0 Å². The van der Waals surface area contributed by atoms with Gasteiger partial charge in [-0.25, -0.2) is 0 Å². The summed E-state index contributed by atoms with van der Waals surface area (Å²) >= 11 is 2.15. The van der Waals surface area contributed by atoms with Crippen LogP contribution in [0.15, 0.2) is 18.2 Å². The Morgan fingerprint density at radius 3 is 2.72 bits per heavy atom. The van der Waals surface area contributed by atoms with Crippen LogP contribution in [0.5, 0.6) is 0 Å². The summed E-state index contributed by atoms with van der Waals surface area (Å²) in [6.45, 7) is 0.131. The third-order valence-electron chi connectivity index (χ3n) is 2.82. The second-order valence-electron chi connectivity index (χ2n) is 4.21. The average molecular weight is 369 g/mol. The minimum Gasteiger partial charge on any atom is -0.312 e. The highest BCUT2D eigenvalue weighted by molar-refractivity contribution is 14.1. The predicted molar refractivity (Wildman–Crippen MR) is 70.5 cm³/mol. The Labute approximate surface area is 116 Å². The van der Waals surface area contributed by atoms with Crippen molar-refractivity contribution in [3.05, 3.63) is 27.3 Å². The molecule has 0 fully saturated rings. The van der Waals surface area contributed by atoms with Crippen molar-refractivity contribution >= 4 is 34.2 Å². The molecule has 0 aromatic heterocycles. The van der Waals surface area contributed by atoms with Gasteiger partial charge >= 0.3 is 6.18 Å². The molecule has 0 atom stereocenters. The molecule has 1 aliphatic heterocycles. The summed E-state index contributed by atoms with van der Waals surface area (Å²) in [7, 11) is 0. The molecular formula is C12H11F3INO. The van der Waals surface area contributed by atoms with Crippen molar-refractivity contribution in [2.45, 2.75) is 25.4 Å². The molecule has 98 valence electrons. The molecule has 1 aliphatic rings. The van der Waals surface area contributed by atoms with E-state index < -0.39 is 12.6 Å². The molecule has 1 amide bonds. The molecule has 0 aliphatic carbocycles. The lowest BCUT2D eigenvalue weighted by atomic mass is 10.2. The number of nitrogens with zero attached hydrogens (tertiary/aromatic N) is 1. The van der Waals surface area contributed by atoms with E-state index in [4.69, 9.17) is 0 Å². The summed E-state index contributed by atoms with van der Waals surface area (Å²) in [5.74, 6) is -0.117. The maximum Gasteiger partial charge on any atom is 0.389 e. The number of alkyl halides is 3. The minimum atomic E-state index is -4.16. The number of halogens is 4. The zero-order chi connectivity index (χ0) is 13.3. The van der Waals surface area contributed by atoms with E-state index in [1.807, 2.05) is 12.1 Å². The van der Waals surface area contributed by atoms with E-state index in [1.54, 1.807) is 6.07 Å². The number of benzene rings is 1.